The van der Waals surface area contributed by atoms with Crippen LogP contribution >= 0.6 is 0 Å². The van der Waals surface area contributed by atoms with Gasteiger partial charge in [-0.3, -0.25) is 24.5 Å². The molecule has 0 spiro atoms. The number of benzene rings is 1. The second-order valence-electron chi connectivity index (χ2n) is 9.33. The number of likely N-dealkylation sites (tertiary alicyclic amines) is 1. The van der Waals surface area contributed by atoms with Crippen molar-refractivity contribution >= 4 is 11.8 Å². The van der Waals surface area contributed by atoms with E-state index >= 15 is 0 Å². The van der Waals surface area contributed by atoms with Gasteiger partial charge in [0.15, 0.2) is 0 Å². The Morgan fingerprint density at radius 3 is 2.43 bits per heavy atom. The summed E-state index contributed by atoms with van der Waals surface area (Å²) >= 11 is 0. The number of hydrogen-bond donors (Lipinski definition) is 1. The van der Waals surface area contributed by atoms with Crippen LogP contribution in [-0.4, -0.2) is 64.3 Å². The van der Waals surface area contributed by atoms with Crippen LogP contribution in [0.5, 0.6) is 0 Å². The minimum absolute atomic E-state index is 0.0288. The molecule has 0 atom stereocenters. The SMILES string of the molecule is CCCNC(=O)c1ccc(-c2cnc(CN(C)C3CCN(C(=O)C(CC)CC)CC3)cn2)cc1F. The van der Waals surface area contributed by atoms with E-state index in [4.69, 9.17) is 0 Å². The Morgan fingerprint density at radius 2 is 1.86 bits per heavy atom. The molecule has 1 aliphatic heterocycles. The van der Waals surface area contributed by atoms with Crippen LogP contribution in [0.1, 0.15) is 68.9 Å². The zero-order valence-electron chi connectivity index (χ0n) is 21.4. The molecule has 0 saturated carbocycles. The first kappa shape index (κ1) is 26.7. The predicted octanol–water partition coefficient (Wildman–Crippen LogP) is 4.28. The van der Waals surface area contributed by atoms with Crippen molar-refractivity contribution in [1.82, 2.24) is 25.1 Å². The molecule has 190 valence electrons. The van der Waals surface area contributed by atoms with E-state index in [-0.39, 0.29) is 11.5 Å². The Bertz CT molecular complexity index is 986. The first-order chi connectivity index (χ1) is 16.9. The summed E-state index contributed by atoms with van der Waals surface area (Å²) in [5.41, 5.74) is 2.00. The average molecular weight is 484 g/mol. The fourth-order valence-electron chi connectivity index (χ4n) is 4.59. The van der Waals surface area contributed by atoms with Gasteiger partial charge in [0.25, 0.3) is 5.91 Å². The minimum Gasteiger partial charge on any atom is -0.352 e. The summed E-state index contributed by atoms with van der Waals surface area (Å²) in [6.45, 7) is 8.87. The molecule has 0 bridgehead atoms. The first-order valence-corrected chi connectivity index (χ1v) is 12.8. The van der Waals surface area contributed by atoms with Crippen LogP contribution in [0.15, 0.2) is 30.6 Å². The van der Waals surface area contributed by atoms with Gasteiger partial charge < -0.3 is 10.2 Å². The summed E-state index contributed by atoms with van der Waals surface area (Å²) in [4.78, 5) is 38.0. The van der Waals surface area contributed by atoms with E-state index in [1.54, 1.807) is 18.5 Å². The van der Waals surface area contributed by atoms with Gasteiger partial charge in [0.1, 0.15) is 5.82 Å². The quantitative estimate of drug-likeness (QED) is 0.546. The van der Waals surface area contributed by atoms with Gasteiger partial charge in [0, 0.05) is 43.7 Å². The van der Waals surface area contributed by atoms with Crippen LogP contribution in [0, 0.1) is 11.7 Å². The van der Waals surface area contributed by atoms with Crippen LogP contribution in [0.3, 0.4) is 0 Å². The first-order valence-electron chi connectivity index (χ1n) is 12.8. The van der Waals surface area contributed by atoms with Gasteiger partial charge in [-0.25, -0.2) is 4.39 Å². The molecule has 3 rings (SSSR count). The van der Waals surface area contributed by atoms with Crippen LogP contribution in [0.2, 0.25) is 0 Å². The molecule has 0 unspecified atom stereocenters. The van der Waals surface area contributed by atoms with Crippen LogP contribution < -0.4 is 5.32 Å². The fourth-order valence-corrected chi connectivity index (χ4v) is 4.59. The molecule has 1 aromatic heterocycles. The molecule has 8 heteroatoms. The second kappa shape index (κ2) is 12.7. The molecule has 2 amide bonds. The molecular weight excluding hydrogens is 445 g/mol. The lowest BCUT2D eigenvalue weighted by Gasteiger charge is -2.37. The van der Waals surface area contributed by atoms with Gasteiger partial charge in [0.2, 0.25) is 5.91 Å². The Morgan fingerprint density at radius 1 is 1.14 bits per heavy atom. The van der Waals surface area contributed by atoms with Crippen LogP contribution in [0.25, 0.3) is 11.3 Å². The van der Waals surface area contributed by atoms with Gasteiger partial charge in [0.05, 0.1) is 29.3 Å². The molecule has 1 aliphatic rings. The molecule has 0 aliphatic carbocycles. The van der Waals surface area contributed by atoms with E-state index in [9.17, 15) is 14.0 Å². The molecule has 1 N–H and O–H groups in total. The summed E-state index contributed by atoms with van der Waals surface area (Å²) in [6, 6.07) is 4.89. The lowest BCUT2D eigenvalue weighted by molar-refractivity contribution is -0.137. The second-order valence-corrected chi connectivity index (χ2v) is 9.33. The van der Waals surface area contributed by atoms with Gasteiger partial charge in [-0.2, -0.15) is 0 Å². The summed E-state index contributed by atoms with van der Waals surface area (Å²) in [7, 11) is 2.08. The van der Waals surface area contributed by atoms with E-state index in [2.05, 4.69) is 41.1 Å². The maximum absolute atomic E-state index is 14.5. The van der Waals surface area contributed by atoms with Crippen molar-refractivity contribution in [3.8, 4) is 11.3 Å². The maximum Gasteiger partial charge on any atom is 0.254 e. The van der Waals surface area contributed by atoms with Crippen LogP contribution in [0.4, 0.5) is 4.39 Å². The van der Waals surface area contributed by atoms with Crippen molar-refractivity contribution in [2.24, 2.45) is 5.92 Å². The number of amides is 2. The number of carbonyl (C=O) groups is 2. The topological polar surface area (TPSA) is 78.4 Å². The van der Waals surface area contributed by atoms with Crippen molar-refractivity contribution in [3.63, 3.8) is 0 Å². The minimum atomic E-state index is -0.573. The van der Waals surface area contributed by atoms with Crippen molar-refractivity contribution in [2.75, 3.05) is 26.7 Å². The van der Waals surface area contributed by atoms with Gasteiger partial charge in [-0.05, 0) is 51.3 Å². The number of halogens is 1. The Kier molecular flexibility index (Phi) is 9.72. The average Bonchev–Trinajstić information content (AvgIpc) is 2.88. The van der Waals surface area contributed by atoms with Crippen molar-refractivity contribution < 1.29 is 14.0 Å². The third-order valence-electron chi connectivity index (χ3n) is 6.90. The molecular formula is C27H38FN5O2. The summed E-state index contributed by atoms with van der Waals surface area (Å²) in [5, 5.41) is 2.69. The number of nitrogens with one attached hydrogen (secondary N) is 1. The van der Waals surface area contributed by atoms with E-state index in [1.165, 1.54) is 12.1 Å². The molecule has 1 aromatic carbocycles. The zero-order chi connectivity index (χ0) is 25.4. The third kappa shape index (κ3) is 6.84. The van der Waals surface area contributed by atoms with Crippen molar-refractivity contribution in [3.05, 3.63) is 47.7 Å². The van der Waals surface area contributed by atoms with Crippen LogP contribution in [-0.2, 0) is 11.3 Å². The monoisotopic (exact) mass is 483 g/mol. The van der Waals surface area contributed by atoms with E-state index < -0.39 is 11.7 Å². The smallest absolute Gasteiger partial charge is 0.254 e. The number of piperidine rings is 1. The van der Waals surface area contributed by atoms with Crippen molar-refractivity contribution in [2.45, 2.75) is 65.5 Å². The van der Waals surface area contributed by atoms with E-state index in [0.29, 0.717) is 36.3 Å². The number of rotatable bonds is 10. The third-order valence-corrected chi connectivity index (χ3v) is 6.90. The van der Waals surface area contributed by atoms with E-state index in [1.807, 2.05) is 11.8 Å². The Balaban J connectivity index is 1.56. The summed E-state index contributed by atoms with van der Waals surface area (Å²) in [6.07, 6.45) is 7.85. The van der Waals surface area contributed by atoms with Gasteiger partial charge in [-0.1, -0.05) is 26.8 Å². The number of nitrogens with zero attached hydrogens (tertiary/aromatic N) is 4. The highest BCUT2D eigenvalue weighted by Crippen LogP contribution is 2.22. The fraction of sp³-hybridized carbons (Fsp3) is 0.556. The Hall–Kier alpha value is -2.87. The molecule has 2 heterocycles. The Labute approximate surface area is 208 Å². The lowest BCUT2D eigenvalue weighted by Crippen LogP contribution is -2.47. The van der Waals surface area contributed by atoms with E-state index in [0.717, 1.165) is 50.9 Å². The van der Waals surface area contributed by atoms with Gasteiger partial charge >= 0.3 is 0 Å². The molecule has 1 fully saturated rings. The molecule has 7 nitrogen and oxygen atoms in total. The number of aromatic nitrogens is 2. The standard InChI is InChI=1S/C27H38FN5O2/c1-5-12-29-26(34)23-9-8-20(15-24(23)28)25-17-30-21(16-31-25)18-32(4)22-10-13-33(14-11-22)27(35)19(6-2)7-3/h8-9,15-17,19,22H,5-7,10-14,18H2,1-4H3,(H,29,34). The normalized spacial score (nSPS) is 14.5. The predicted molar refractivity (Wildman–Crippen MR) is 135 cm³/mol. The molecule has 1 saturated heterocycles. The molecule has 35 heavy (non-hydrogen) atoms. The molecule has 2 aromatic rings. The number of hydrogen-bond acceptors (Lipinski definition) is 5. The highest BCUT2D eigenvalue weighted by Gasteiger charge is 2.28. The lowest BCUT2D eigenvalue weighted by atomic mass is 9.98. The summed E-state index contributed by atoms with van der Waals surface area (Å²) in [5.74, 6) is -0.550. The summed E-state index contributed by atoms with van der Waals surface area (Å²) < 4.78 is 14.5. The largest absolute Gasteiger partial charge is 0.352 e. The highest BCUT2D eigenvalue weighted by molar-refractivity contribution is 5.94. The highest BCUT2D eigenvalue weighted by atomic mass is 19.1. The maximum atomic E-state index is 14.5. The van der Waals surface area contributed by atoms with Crippen molar-refractivity contribution in [1.29, 1.82) is 0 Å². The number of carbonyl (C=O) groups excluding carboxylic acids is 2. The molecule has 0 radical (unpaired) electrons. The zero-order valence-corrected chi connectivity index (χ0v) is 21.4. The van der Waals surface area contributed by atoms with Gasteiger partial charge in [-0.15, -0.1) is 0 Å².